The highest BCUT2D eigenvalue weighted by atomic mass is 19.1. The molecular formula is C9H13F2N5O2. The number of ether oxygens (including phenoxy) is 1. The van der Waals surface area contributed by atoms with E-state index in [2.05, 4.69) is 25.0 Å². The number of imidazole rings is 1. The number of aromatic amines is 1. The van der Waals surface area contributed by atoms with Crippen molar-refractivity contribution in [3.8, 4) is 0 Å². The van der Waals surface area contributed by atoms with Crippen molar-refractivity contribution in [3.63, 3.8) is 0 Å². The molecule has 9 heteroatoms. The lowest BCUT2D eigenvalue weighted by atomic mass is 10.4. The predicted molar refractivity (Wildman–Crippen MR) is 58.0 cm³/mol. The highest BCUT2D eigenvalue weighted by Gasteiger charge is 2.14. The second-order valence-corrected chi connectivity index (χ2v) is 3.11. The van der Waals surface area contributed by atoms with Crippen molar-refractivity contribution in [3.05, 3.63) is 12.0 Å². The Bertz CT molecular complexity index is 403. The van der Waals surface area contributed by atoms with Crippen molar-refractivity contribution in [2.24, 2.45) is 10.3 Å². The summed E-state index contributed by atoms with van der Waals surface area (Å²) >= 11 is 0. The Labute approximate surface area is 102 Å². The highest BCUT2D eigenvalue weighted by Crippen LogP contribution is 2.15. The molecule has 0 aromatic carbocycles. The van der Waals surface area contributed by atoms with Crippen LogP contribution in [0.2, 0.25) is 0 Å². The molecule has 0 aliphatic carbocycles. The summed E-state index contributed by atoms with van der Waals surface area (Å²) in [7, 11) is 1.21. The number of methoxy groups -OCH3 is 1. The first-order chi connectivity index (χ1) is 8.72. The van der Waals surface area contributed by atoms with Crippen molar-refractivity contribution < 1.29 is 18.3 Å². The maximum absolute atomic E-state index is 12.1. The standard InChI is InChI=1S/C9H13F2N5O2/c1-18-9(17)7-8(13-6-12-7)14-15-16(4-2-10)5-3-11/h6H,2-5H2,1H3,(H,12,13)/b15-14+. The van der Waals surface area contributed by atoms with E-state index in [1.807, 2.05) is 0 Å². The van der Waals surface area contributed by atoms with E-state index >= 15 is 0 Å². The molecule has 0 fully saturated rings. The molecule has 0 saturated carbocycles. The van der Waals surface area contributed by atoms with Crippen LogP contribution in [-0.2, 0) is 4.74 Å². The maximum Gasteiger partial charge on any atom is 0.358 e. The van der Waals surface area contributed by atoms with Crippen LogP contribution in [0, 0.1) is 0 Å². The molecule has 100 valence electrons. The molecule has 7 nitrogen and oxygen atoms in total. The molecule has 0 unspecified atom stereocenters. The monoisotopic (exact) mass is 261 g/mol. The lowest BCUT2D eigenvalue weighted by Gasteiger charge is -2.12. The van der Waals surface area contributed by atoms with Gasteiger partial charge in [-0.3, -0.25) is 5.01 Å². The molecule has 0 aliphatic rings. The predicted octanol–water partition coefficient (Wildman–Crippen LogP) is 1.44. The Morgan fingerprint density at radius 1 is 1.50 bits per heavy atom. The minimum atomic E-state index is -0.677. The molecule has 0 bridgehead atoms. The lowest BCUT2D eigenvalue weighted by Crippen LogP contribution is -2.22. The number of carbonyl (C=O) groups excluding carboxylic acids is 1. The van der Waals surface area contributed by atoms with Gasteiger partial charge in [-0.05, 0) is 0 Å². The fraction of sp³-hybridized carbons (Fsp3) is 0.556. The second kappa shape index (κ2) is 7.30. The smallest absolute Gasteiger partial charge is 0.358 e. The molecule has 0 spiro atoms. The molecule has 1 aromatic heterocycles. The summed E-state index contributed by atoms with van der Waals surface area (Å²) in [6.45, 7) is -1.51. The third kappa shape index (κ3) is 3.75. The zero-order valence-electron chi connectivity index (χ0n) is 9.77. The quantitative estimate of drug-likeness (QED) is 0.457. The number of H-pyrrole nitrogens is 1. The first kappa shape index (κ1) is 14.0. The summed E-state index contributed by atoms with van der Waals surface area (Å²) in [4.78, 5) is 17.5. The molecule has 1 rings (SSSR count). The number of carbonyl (C=O) groups is 1. The number of hydrogen-bond donors (Lipinski definition) is 1. The highest BCUT2D eigenvalue weighted by molar-refractivity contribution is 5.91. The number of esters is 1. The van der Waals surface area contributed by atoms with Crippen LogP contribution in [0.15, 0.2) is 16.7 Å². The van der Waals surface area contributed by atoms with Gasteiger partial charge in [0.1, 0.15) is 13.3 Å². The number of rotatable bonds is 7. The van der Waals surface area contributed by atoms with Crippen molar-refractivity contribution in [1.82, 2.24) is 15.0 Å². The van der Waals surface area contributed by atoms with Gasteiger partial charge < -0.3 is 9.72 Å². The van der Waals surface area contributed by atoms with Gasteiger partial charge in [-0.15, -0.1) is 5.11 Å². The van der Waals surface area contributed by atoms with E-state index in [4.69, 9.17) is 0 Å². The molecule has 1 N–H and O–H groups in total. The van der Waals surface area contributed by atoms with E-state index in [-0.39, 0.29) is 24.6 Å². The molecule has 1 aromatic rings. The second-order valence-electron chi connectivity index (χ2n) is 3.11. The van der Waals surface area contributed by atoms with Gasteiger partial charge in [0.05, 0.1) is 26.5 Å². The van der Waals surface area contributed by atoms with Crippen LogP contribution in [0.4, 0.5) is 14.6 Å². The van der Waals surface area contributed by atoms with Crippen molar-refractivity contribution in [1.29, 1.82) is 0 Å². The molecule has 0 radical (unpaired) electrons. The van der Waals surface area contributed by atoms with E-state index in [1.54, 1.807) is 0 Å². The summed E-state index contributed by atoms with van der Waals surface area (Å²) in [6, 6.07) is 0. The zero-order chi connectivity index (χ0) is 13.4. The number of nitrogens with one attached hydrogen (secondary N) is 1. The fourth-order valence-electron chi connectivity index (χ4n) is 1.12. The van der Waals surface area contributed by atoms with E-state index in [9.17, 15) is 13.6 Å². The normalized spacial score (nSPS) is 10.8. The Morgan fingerprint density at radius 2 is 2.17 bits per heavy atom. The van der Waals surface area contributed by atoms with Crippen molar-refractivity contribution >= 4 is 11.8 Å². The van der Waals surface area contributed by atoms with Gasteiger partial charge >= 0.3 is 5.97 Å². The third-order valence-corrected chi connectivity index (χ3v) is 1.96. The molecule has 0 aliphatic heterocycles. The van der Waals surface area contributed by atoms with Crippen LogP contribution in [0.1, 0.15) is 10.5 Å². The van der Waals surface area contributed by atoms with Crippen molar-refractivity contribution in [2.45, 2.75) is 0 Å². The molecule has 1 heterocycles. The largest absolute Gasteiger partial charge is 0.464 e. The lowest BCUT2D eigenvalue weighted by molar-refractivity contribution is 0.0595. The Morgan fingerprint density at radius 3 is 2.72 bits per heavy atom. The summed E-state index contributed by atoms with van der Waals surface area (Å²) in [5, 5.41) is 8.37. The van der Waals surface area contributed by atoms with Gasteiger partial charge in [0.25, 0.3) is 0 Å². The topological polar surface area (TPSA) is 82.9 Å². The van der Waals surface area contributed by atoms with Gasteiger partial charge in [0.2, 0.25) is 5.82 Å². The average Bonchev–Trinajstić information content (AvgIpc) is 2.84. The van der Waals surface area contributed by atoms with Gasteiger partial charge in [-0.1, -0.05) is 5.22 Å². The fourth-order valence-corrected chi connectivity index (χ4v) is 1.12. The first-order valence-corrected chi connectivity index (χ1v) is 5.13. The van der Waals surface area contributed by atoms with Crippen molar-refractivity contribution in [2.75, 3.05) is 33.5 Å². The summed E-state index contributed by atoms with van der Waals surface area (Å²) in [5.41, 5.74) is 0.0293. The Hall–Kier alpha value is -2.06. The average molecular weight is 261 g/mol. The minimum absolute atomic E-state index is 0.00423. The molecule has 18 heavy (non-hydrogen) atoms. The number of nitrogens with zero attached hydrogens (tertiary/aromatic N) is 4. The zero-order valence-corrected chi connectivity index (χ0v) is 9.77. The SMILES string of the molecule is COC(=O)c1[nH]cnc1/N=N/N(CCF)CCF. The molecular weight excluding hydrogens is 248 g/mol. The number of halogens is 2. The van der Waals surface area contributed by atoms with Gasteiger partial charge in [-0.25, -0.2) is 18.6 Å². The van der Waals surface area contributed by atoms with Gasteiger partial charge in [0.15, 0.2) is 5.69 Å². The number of aromatic nitrogens is 2. The molecule has 0 amide bonds. The van der Waals surface area contributed by atoms with Crippen LogP contribution >= 0.6 is 0 Å². The Kier molecular flexibility index (Phi) is 5.68. The van der Waals surface area contributed by atoms with E-state index in [1.165, 1.54) is 13.4 Å². The van der Waals surface area contributed by atoms with Gasteiger partial charge in [0, 0.05) is 0 Å². The summed E-state index contributed by atoms with van der Waals surface area (Å²) in [5.74, 6) is -0.645. The summed E-state index contributed by atoms with van der Waals surface area (Å²) < 4.78 is 28.8. The summed E-state index contributed by atoms with van der Waals surface area (Å²) in [6.07, 6.45) is 1.25. The maximum atomic E-state index is 12.1. The van der Waals surface area contributed by atoms with Crippen LogP contribution in [0.5, 0.6) is 0 Å². The van der Waals surface area contributed by atoms with E-state index < -0.39 is 19.3 Å². The molecule has 0 atom stereocenters. The minimum Gasteiger partial charge on any atom is -0.464 e. The van der Waals surface area contributed by atoms with Crippen LogP contribution in [0.3, 0.4) is 0 Å². The Balaban J connectivity index is 2.75. The van der Waals surface area contributed by atoms with Gasteiger partial charge in [-0.2, -0.15) is 0 Å². The van der Waals surface area contributed by atoms with Crippen LogP contribution < -0.4 is 0 Å². The van der Waals surface area contributed by atoms with E-state index in [0.29, 0.717) is 0 Å². The molecule has 0 saturated heterocycles. The first-order valence-electron chi connectivity index (χ1n) is 5.13. The van der Waals surface area contributed by atoms with E-state index in [0.717, 1.165) is 5.01 Å². The number of hydrogen-bond acceptors (Lipinski definition) is 5. The van der Waals surface area contributed by atoms with Crippen LogP contribution in [0.25, 0.3) is 0 Å². The third-order valence-electron chi connectivity index (χ3n) is 1.96. The van der Waals surface area contributed by atoms with Crippen LogP contribution in [-0.4, -0.2) is 54.5 Å². The number of alkyl halides is 2.